The van der Waals surface area contributed by atoms with Crippen molar-refractivity contribution in [2.75, 3.05) is 20.3 Å². The van der Waals surface area contributed by atoms with Gasteiger partial charge in [-0.25, -0.2) is 4.98 Å². The van der Waals surface area contributed by atoms with E-state index in [9.17, 15) is 4.79 Å². The molecule has 0 aliphatic heterocycles. The highest BCUT2D eigenvalue weighted by molar-refractivity contribution is 9.10. The molecule has 0 N–H and O–H groups in total. The van der Waals surface area contributed by atoms with Crippen molar-refractivity contribution in [2.24, 2.45) is 0 Å². The molecule has 5 heteroatoms. The molecular formula is C12H17BrN2O2. The van der Waals surface area contributed by atoms with E-state index in [0.29, 0.717) is 18.7 Å². The van der Waals surface area contributed by atoms with Gasteiger partial charge >= 0.3 is 0 Å². The number of amides is 1. The molecular weight excluding hydrogens is 284 g/mol. The fourth-order valence-electron chi connectivity index (χ4n) is 1.65. The lowest BCUT2D eigenvalue weighted by Crippen LogP contribution is -2.40. The molecule has 4 nitrogen and oxygen atoms in total. The van der Waals surface area contributed by atoms with Crippen LogP contribution in [0.3, 0.4) is 0 Å². The maximum Gasteiger partial charge on any atom is 0.255 e. The Balaban J connectivity index is 2.82. The van der Waals surface area contributed by atoms with E-state index in [-0.39, 0.29) is 11.9 Å². The second-order valence-electron chi connectivity index (χ2n) is 3.77. The molecule has 0 bridgehead atoms. The largest absolute Gasteiger partial charge is 0.383 e. The van der Waals surface area contributed by atoms with E-state index in [4.69, 9.17) is 4.74 Å². The monoisotopic (exact) mass is 300 g/mol. The molecule has 1 amide bonds. The van der Waals surface area contributed by atoms with Crippen LogP contribution in [0.1, 0.15) is 24.2 Å². The Hall–Kier alpha value is -0.940. The zero-order valence-electron chi connectivity index (χ0n) is 10.3. The summed E-state index contributed by atoms with van der Waals surface area (Å²) in [5.74, 6) is -0.0166. The van der Waals surface area contributed by atoms with Crippen molar-refractivity contribution < 1.29 is 9.53 Å². The number of halogens is 1. The van der Waals surface area contributed by atoms with Gasteiger partial charge in [0.25, 0.3) is 5.91 Å². The van der Waals surface area contributed by atoms with Crippen LogP contribution in [0, 0.1) is 0 Å². The zero-order valence-corrected chi connectivity index (χ0v) is 11.9. The Morgan fingerprint density at radius 2 is 2.29 bits per heavy atom. The highest BCUT2D eigenvalue weighted by Gasteiger charge is 2.19. The van der Waals surface area contributed by atoms with Crippen LogP contribution in [-0.2, 0) is 4.74 Å². The third kappa shape index (κ3) is 3.78. The number of methoxy groups -OCH3 is 1. The summed E-state index contributed by atoms with van der Waals surface area (Å²) in [6.07, 6.45) is 1.58. The number of rotatable bonds is 5. The zero-order chi connectivity index (χ0) is 12.8. The molecule has 0 spiro atoms. The second kappa shape index (κ2) is 6.71. The minimum Gasteiger partial charge on any atom is -0.383 e. The Kier molecular flexibility index (Phi) is 5.58. The molecule has 1 heterocycles. The molecule has 0 radical (unpaired) electrons. The predicted molar refractivity (Wildman–Crippen MR) is 70.0 cm³/mol. The first kappa shape index (κ1) is 14.1. The summed E-state index contributed by atoms with van der Waals surface area (Å²) in [5.41, 5.74) is 0.595. The second-order valence-corrected chi connectivity index (χ2v) is 4.58. The summed E-state index contributed by atoms with van der Waals surface area (Å²) in [6.45, 7) is 5.11. The molecule has 1 rings (SSSR count). The lowest BCUT2D eigenvalue weighted by atomic mass is 10.2. The van der Waals surface area contributed by atoms with Crippen molar-refractivity contribution in [3.05, 3.63) is 28.5 Å². The Bertz CT molecular complexity index is 367. The maximum atomic E-state index is 12.2. The highest BCUT2D eigenvalue weighted by Crippen LogP contribution is 2.11. The van der Waals surface area contributed by atoms with E-state index in [1.807, 2.05) is 13.8 Å². The van der Waals surface area contributed by atoms with Gasteiger partial charge in [-0.05, 0) is 41.9 Å². The first-order chi connectivity index (χ1) is 8.10. The van der Waals surface area contributed by atoms with Gasteiger partial charge in [-0.1, -0.05) is 0 Å². The van der Waals surface area contributed by atoms with Gasteiger partial charge in [0.05, 0.1) is 18.2 Å². The molecule has 1 atom stereocenters. The fourth-order valence-corrected chi connectivity index (χ4v) is 1.89. The molecule has 0 saturated carbocycles. The summed E-state index contributed by atoms with van der Waals surface area (Å²) in [7, 11) is 1.63. The normalized spacial score (nSPS) is 12.2. The number of hydrogen-bond donors (Lipinski definition) is 0. The van der Waals surface area contributed by atoms with Crippen molar-refractivity contribution >= 4 is 21.8 Å². The number of likely N-dealkylation sites (N-methyl/N-ethyl adjacent to an activating group) is 1. The highest BCUT2D eigenvalue weighted by atomic mass is 79.9. The van der Waals surface area contributed by atoms with Gasteiger partial charge in [-0.3, -0.25) is 4.79 Å². The molecule has 1 aromatic heterocycles. The van der Waals surface area contributed by atoms with Crippen molar-refractivity contribution in [3.8, 4) is 0 Å². The lowest BCUT2D eigenvalue weighted by Gasteiger charge is -2.27. The van der Waals surface area contributed by atoms with Crippen LogP contribution in [0.15, 0.2) is 22.9 Å². The average Bonchev–Trinajstić information content (AvgIpc) is 2.31. The van der Waals surface area contributed by atoms with E-state index in [1.54, 1.807) is 30.3 Å². The van der Waals surface area contributed by atoms with Crippen molar-refractivity contribution in [2.45, 2.75) is 19.9 Å². The number of carbonyl (C=O) groups excluding carboxylic acids is 1. The van der Waals surface area contributed by atoms with Gasteiger partial charge in [-0.15, -0.1) is 0 Å². The summed E-state index contributed by atoms with van der Waals surface area (Å²) in [6, 6.07) is 3.59. The van der Waals surface area contributed by atoms with Gasteiger partial charge < -0.3 is 9.64 Å². The number of aromatic nitrogens is 1. The van der Waals surface area contributed by atoms with Crippen molar-refractivity contribution in [1.29, 1.82) is 0 Å². The van der Waals surface area contributed by atoms with Crippen LogP contribution >= 0.6 is 15.9 Å². The molecule has 0 fully saturated rings. The smallest absolute Gasteiger partial charge is 0.255 e. The van der Waals surface area contributed by atoms with Crippen LogP contribution in [-0.4, -0.2) is 42.1 Å². The standard InChI is InChI=1S/C12H17BrN2O2/c1-4-15(9(2)8-17-3)12(16)10-5-6-11(13)14-7-10/h5-7,9H,4,8H2,1-3H3. The van der Waals surface area contributed by atoms with Gasteiger partial charge in [0.15, 0.2) is 0 Å². The SMILES string of the molecule is CCN(C(=O)c1ccc(Br)nc1)C(C)COC. The van der Waals surface area contributed by atoms with Gasteiger partial charge in [-0.2, -0.15) is 0 Å². The molecule has 94 valence electrons. The minimum absolute atomic E-state index is 0.0166. The van der Waals surface area contributed by atoms with Gasteiger partial charge in [0.2, 0.25) is 0 Å². The summed E-state index contributed by atoms with van der Waals surface area (Å²) in [5, 5.41) is 0. The van der Waals surface area contributed by atoms with Crippen LogP contribution in [0.4, 0.5) is 0 Å². The topological polar surface area (TPSA) is 42.4 Å². The molecule has 17 heavy (non-hydrogen) atoms. The van der Waals surface area contributed by atoms with Crippen molar-refractivity contribution in [3.63, 3.8) is 0 Å². The Labute approximate surface area is 110 Å². The predicted octanol–water partition coefficient (Wildman–Crippen LogP) is 2.34. The first-order valence-corrected chi connectivity index (χ1v) is 6.30. The van der Waals surface area contributed by atoms with Crippen LogP contribution in [0.25, 0.3) is 0 Å². The third-order valence-electron chi connectivity index (χ3n) is 2.52. The lowest BCUT2D eigenvalue weighted by molar-refractivity contribution is 0.0579. The Morgan fingerprint density at radius 1 is 1.59 bits per heavy atom. The van der Waals surface area contributed by atoms with E-state index in [1.165, 1.54) is 0 Å². The molecule has 0 aromatic carbocycles. The number of pyridine rings is 1. The third-order valence-corrected chi connectivity index (χ3v) is 2.98. The quantitative estimate of drug-likeness (QED) is 0.784. The molecule has 0 saturated heterocycles. The van der Waals surface area contributed by atoms with Gasteiger partial charge in [0, 0.05) is 19.9 Å². The van der Waals surface area contributed by atoms with Crippen molar-refractivity contribution in [1.82, 2.24) is 9.88 Å². The van der Waals surface area contributed by atoms with E-state index in [0.717, 1.165) is 4.60 Å². The summed E-state index contributed by atoms with van der Waals surface area (Å²) in [4.78, 5) is 18.1. The van der Waals surface area contributed by atoms with E-state index < -0.39 is 0 Å². The van der Waals surface area contributed by atoms with Crippen LogP contribution in [0.5, 0.6) is 0 Å². The fraction of sp³-hybridized carbons (Fsp3) is 0.500. The molecule has 0 aliphatic rings. The average molecular weight is 301 g/mol. The molecule has 1 aromatic rings. The number of ether oxygens (including phenoxy) is 1. The molecule has 0 aliphatic carbocycles. The van der Waals surface area contributed by atoms with Gasteiger partial charge in [0.1, 0.15) is 4.60 Å². The number of hydrogen-bond acceptors (Lipinski definition) is 3. The number of carbonyl (C=O) groups is 1. The Morgan fingerprint density at radius 3 is 2.76 bits per heavy atom. The maximum absolute atomic E-state index is 12.2. The summed E-state index contributed by atoms with van der Waals surface area (Å²) < 4.78 is 5.80. The van der Waals surface area contributed by atoms with E-state index in [2.05, 4.69) is 20.9 Å². The van der Waals surface area contributed by atoms with Crippen LogP contribution in [0.2, 0.25) is 0 Å². The first-order valence-electron chi connectivity index (χ1n) is 5.51. The van der Waals surface area contributed by atoms with Crippen LogP contribution < -0.4 is 0 Å². The summed E-state index contributed by atoms with van der Waals surface area (Å²) >= 11 is 3.25. The number of nitrogens with zero attached hydrogens (tertiary/aromatic N) is 2. The van der Waals surface area contributed by atoms with E-state index >= 15 is 0 Å². The minimum atomic E-state index is -0.0166. The molecule has 1 unspecified atom stereocenters.